The van der Waals surface area contributed by atoms with Gasteiger partial charge in [0, 0.05) is 13.3 Å². The van der Waals surface area contributed by atoms with Crippen molar-refractivity contribution >= 4 is 23.2 Å². The standard InChI is InChI=1S/C9H13NO4/c1-6(10-14-8(3)12)4-9(13)5-7(2)11/h4-5H2,1-3H3/b10-6+. The van der Waals surface area contributed by atoms with Gasteiger partial charge in [-0.2, -0.15) is 0 Å². The van der Waals surface area contributed by atoms with Crippen LogP contribution in [0.25, 0.3) is 0 Å². The molecule has 0 aliphatic carbocycles. The zero-order valence-electron chi connectivity index (χ0n) is 8.49. The number of rotatable bonds is 5. The Hall–Kier alpha value is -1.52. The molecule has 5 heteroatoms. The van der Waals surface area contributed by atoms with Gasteiger partial charge in [-0.25, -0.2) is 4.79 Å². The fourth-order valence-corrected chi connectivity index (χ4v) is 0.800. The van der Waals surface area contributed by atoms with Crippen LogP contribution in [0, 0.1) is 0 Å². The maximum Gasteiger partial charge on any atom is 0.331 e. The fraction of sp³-hybridized carbons (Fsp3) is 0.556. The fourth-order valence-electron chi connectivity index (χ4n) is 0.800. The van der Waals surface area contributed by atoms with Gasteiger partial charge >= 0.3 is 5.97 Å². The van der Waals surface area contributed by atoms with Gasteiger partial charge in [-0.3, -0.25) is 9.59 Å². The van der Waals surface area contributed by atoms with Crippen LogP contribution in [0.5, 0.6) is 0 Å². The van der Waals surface area contributed by atoms with Gasteiger partial charge in [0.2, 0.25) is 0 Å². The molecule has 0 N–H and O–H groups in total. The van der Waals surface area contributed by atoms with Crippen molar-refractivity contribution in [1.29, 1.82) is 0 Å². The van der Waals surface area contributed by atoms with E-state index in [1.807, 2.05) is 0 Å². The molecule has 0 bridgehead atoms. The summed E-state index contributed by atoms with van der Waals surface area (Å²) in [4.78, 5) is 36.3. The highest BCUT2D eigenvalue weighted by molar-refractivity contribution is 6.07. The van der Waals surface area contributed by atoms with Crippen LogP contribution in [0.15, 0.2) is 5.16 Å². The van der Waals surface area contributed by atoms with E-state index in [1.165, 1.54) is 13.8 Å². The van der Waals surface area contributed by atoms with E-state index in [1.54, 1.807) is 6.92 Å². The molecule has 14 heavy (non-hydrogen) atoms. The molecule has 0 saturated carbocycles. The number of oxime groups is 1. The minimum absolute atomic E-state index is 0.0346. The lowest BCUT2D eigenvalue weighted by atomic mass is 10.1. The van der Waals surface area contributed by atoms with Gasteiger partial charge in [0.05, 0.1) is 12.1 Å². The molecular weight excluding hydrogens is 186 g/mol. The largest absolute Gasteiger partial charge is 0.331 e. The Morgan fingerprint density at radius 1 is 1.07 bits per heavy atom. The first-order valence-corrected chi connectivity index (χ1v) is 4.14. The third kappa shape index (κ3) is 7.15. The maximum atomic E-state index is 11.1. The average Bonchev–Trinajstić information content (AvgIpc) is 1.98. The van der Waals surface area contributed by atoms with Crippen LogP contribution in [-0.2, 0) is 19.2 Å². The first-order chi connectivity index (χ1) is 6.41. The summed E-state index contributed by atoms with van der Waals surface area (Å²) in [6.45, 7) is 4.12. The van der Waals surface area contributed by atoms with Crippen LogP contribution in [0.2, 0.25) is 0 Å². The molecule has 0 aromatic heterocycles. The third-order valence-electron chi connectivity index (χ3n) is 1.23. The molecule has 0 heterocycles. The molecule has 0 fully saturated rings. The van der Waals surface area contributed by atoms with E-state index in [4.69, 9.17) is 0 Å². The number of carbonyl (C=O) groups excluding carboxylic acids is 3. The van der Waals surface area contributed by atoms with E-state index in [0.29, 0.717) is 5.71 Å². The highest BCUT2D eigenvalue weighted by atomic mass is 16.7. The number of hydrogen-bond donors (Lipinski definition) is 0. The molecule has 0 spiro atoms. The van der Waals surface area contributed by atoms with Crippen LogP contribution in [-0.4, -0.2) is 23.2 Å². The summed E-state index contributed by atoms with van der Waals surface area (Å²) in [7, 11) is 0. The van der Waals surface area contributed by atoms with Gasteiger partial charge in [0.1, 0.15) is 11.6 Å². The van der Waals surface area contributed by atoms with Crippen LogP contribution < -0.4 is 0 Å². The molecule has 0 rings (SSSR count). The summed E-state index contributed by atoms with van der Waals surface area (Å²) in [5.74, 6) is -0.954. The smallest absolute Gasteiger partial charge is 0.319 e. The molecule has 0 aromatic carbocycles. The van der Waals surface area contributed by atoms with Gasteiger partial charge in [0.25, 0.3) is 0 Å². The first-order valence-electron chi connectivity index (χ1n) is 4.14. The van der Waals surface area contributed by atoms with E-state index in [9.17, 15) is 14.4 Å². The minimum Gasteiger partial charge on any atom is -0.319 e. The topological polar surface area (TPSA) is 72.8 Å². The molecule has 0 amide bonds. The summed E-state index contributed by atoms with van der Waals surface area (Å²) < 4.78 is 0. The van der Waals surface area contributed by atoms with Crippen molar-refractivity contribution in [2.75, 3.05) is 0 Å². The second-order valence-electron chi connectivity index (χ2n) is 3.00. The van der Waals surface area contributed by atoms with Crippen molar-refractivity contribution < 1.29 is 19.2 Å². The van der Waals surface area contributed by atoms with Crippen molar-refractivity contribution in [2.24, 2.45) is 5.16 Å². The van der Waals surface area contributed by atoms with E-state index < -0.39 is 5.97 Å². The van der Waals surface area contributed by atoms with E-state index in [0.717, 1.165) is 0 Å². The zero-order chi connectivity index (χ0) is 11.1. The Balaban J connectivity index is 3.98. The van der Waals surface area contributed by atoms with E-state index in [-0.39, 0.29) is 24.4 Å². The van der Waals surface area contributed by atoms with Crippen LogP contribution in [0.4, 0.5) is 0 Å². The highest BCUT2D eigenvalue weighted by Gasteiger charge is 2.07. The Kier molecular flexibility index (Phi) is 5.36. The molecule has 0 unspecified atom stereocenters. The summed E-state index contributed by atoms with van der Waals surface area (Å²) >= 11 is 0. The second-order valence-corrected chi connectivity index (χ2v) is 3.00. The molecule has 0 aromatic rings. The molecule has 5 nitrogen and oxygen atoms in total. The minimum atomic E-state index is -0.539. The summed E-state index contributed by atoms with van der Waals surface area (Å²) in [5, 5.41) is 3.41. The van der Waals surface area contributed by atoms with Gasteiger partial charge in [-0.1, -0.05) is 5.16 Å². The number of ketones is 2. The average molecular weight is 199 g/mol. The lowest BCUT2D eigenvalue weighted by molar-refractivity contribution is -0.141. The zero-order valence-corrected chi connectivity index (χ0v) is 8.49. The van der Waals surface area contributed by atoms with Gasteiger partial charge in [-0.15, -0.1) is 0 Å². The Bertz CT molecular complexity index is 281. The van der Waals surface area contributed by atoms with Crippen LogP contribution in [0.1, 0.15) is 33.6 Å². The van der Waals surface area contributed by atoms with Crippen molar-refractivity contribution in [3.63, 3.8) is 0 Å². The first kappa shape index (κ1) is 12.5. The predicted molar refractivity (Wildman–Crippen MR) is 49.8 cm³/mol. The molecule has 0 aliphatic heterocycles. The second kappa shape index (κ2) is 6.01. The van der Waals surface area contributed by atoms with Crippen molar-refractivity contribution in [3.05, 3.63) is 0 Å². The van der Waals surface area contributed by atoms with Gasteiger partial charge < -0.3 is 4.84 Å². The molecular formula is C9H13NO4. The number of carbonyl (C=O) groups is 3. The third-order valence-corrected chi connectivity index (χ3v) is 1.23. The van der Waals surface area contributed by atoms with Crippen molar-refractivity contribution in [1.82, 2.24) is 0 Å². The monoisotopic (exact) mass is 199 g/mol. The quantitative estimate of drug-likeness (QED) is 0.285. The lowest BCUT2D eigenvalue weighted by Gasteiger charge is -1.97. The SMILES string of the molecule is CC(=O)CC(=O)C/C(C)=N/OC(C)=O. The van der Waals surface area contributed by atoms with Crippen molar-refractivity contribution in [3.8, 4) is 0 Å². The Morgan fingerprint density at radius 2 is 1.64 bits per heavy atom. The molecule has 0 radical (unpaired) electrons. The van der Waals surface area contributed by atoms with Gasteiger partial charge in [0.15, 0.2) is 0 Å². The van der Waals surface area contributed by atoms with Crippen LogP contribution in [0.3, 0.4) is 0 Å². The summed E-state index contributed by atoms with van der Waals surface area (Å²) in [6, 6.07) is 0. The molecule has 0 atom stereocenters. The molecule has 0 saturated heterocycles. The predicted octanol–water partition coefficient (Wildman–Crippen LogP) is 0.864. The molecule has 78 valence electrons. The maximum absolute atomic E-state index is 11.1. The highest BCUT2D eigenvalue weighted by Crippen LogP contribution is 1.95. The number of nitrogens with zero attached hydrogens (tertiary/aromatic N) is 1. The number of hydrogen-bond acceptors (Lipinski definition) is 5. The Morgan fingerprint density at radius 3 is 2.07 bits per heavy atom. The van der Waals surface area contributed by atoms with Crippen LogP contribution >= 0.6 is 0 Å². The van der Waals surface area contributed by atoms with Gasteiger partial charge in [-0.05, 0) is 13.8 Å². The van der Waals surface area contributed by atoms with E-state index >= 15 is 0 Å². The van der Waals surface area contributed by atoms with Crippen molar-refractivity contribution in [2.45, 2.75) is 33.6 Å². The number of Topliss-reactive ketones (excluding diaryl/α,β-unsaturated/α-hetero) is 2. The van der Waals surface area contributed by atoms with E-state index in [2.05, 4.69) is 9.99 Å². The summed E-state index contributed by atoms with van der Waals surface area (Å²) in [5.41, 5.74) is 0.381. The lowest BCUT2D eigenvalue weighted by Crippen LogP contribution is -2.09. The normalized spacial score (nSPS) is 10.9. The molecule has 0 aliphatic rings. The Labute approximate surface area is 82.1 Å². The summed E-state index contributed by atoms with van der Waals surface area (Å²) in [6.07, 6.45) is -0.0697.